The third kappa shape index (κ3) is 2.29. The summed E-state index contributed by atoms with van der Waals surface area (Å²) in [6, 6.07) is 6.85. The fourth-order valence-corrected chi connectivity index (χ4v) is 2.52. The van der Waals surface area contributed by atoms with Gasteiger partial charge in [0.15, 0.2) is 0 Å². The van der Waals surface area contributed by atoms with Crippen LogP contribution in [0.3, 0.4) is 0 Å². The molecular formula is C14H16N3O2-. The van der Waals surface area contributed by atoms with Gasteiger partial charge in [-0.1, -0.05) is 12.1 Å². The van der Waals surface area contributed by atoms with Crippen molar-refractivity contribution >= 4 is 17.6 Å². The van der Waals surface area contributed by atoms with Crippen LogP contribution < -0.4 is 5.06 Å². The summed E-state index contributed by atoms with van der Waals surface area (Å²) in [4.78, 5) is 2.11. The number of para-hydroxylation sites is 2. The van der Waals surface area contributed by atoms with Gasteiger partial charge in [-0.2, -0.15) is 4.74 Å². The minimum Gasteiger partial charge on any atom is -0.753 e. The monoisotopic (exact) mass is 258 g/mol. The van der Waals surface area contributed by atoms with Crippen molar-refractivity contribution in [3.63, 3.8) is 0 Å². The van der Waals surface area contributed by atoms with Gasteiger partial charge in [0.1, 0.15) is 11.4 Å². The number of hydrogen-bond acceptors (Lipinski definition) is 4. The zero-order valence-corrected chi connectivity index (χ0v) is 10.7. The van der Waals surface area contributed by atoms with Crippen molar-refractivity contribution in [2.24, 2.45) is 0 Å². The van der Waals surface area contributed by atoms with E-state index in [1.54, 1.807) is 30.5 Å². The quantitative estimate of drug-likeness (QED) is 0.574. The summed E-state index contributed by atoms with van der Waals surface area (Å²) in [5.74, 6) is 0. The molecule has 1 aromatic carbocycles. The SMILES string of the molecule is [O-]N1C(=CN2CCCCC2)C=[N+]([O-])c2ccccc21. The zero-order chi connectivity index (χ0) is 13.2. The number of nitrogens with zero attached hydrogens (tertiary/aromatic N) is 3. The highest BCUT2D eigenvalue weighted by Gasteiger charge is 2.20. The Kier molecular flexibility index (Phi) is 3.13. The van der Waals surface area contributed by atoms with E-state index in [1.807, 2.05) is 0 Å². The highest BCUT2D eigenvalue weighted by Crippen LogP contribution is 2.32. The summed E-state index contributed by atoms with van der Waals surface area (Å²) < 4.78 is 0.763. The lowest BCUT2D eigenvalue weighted by Gasteiger charge is -2.35. The maximum Gasteiger partial charge on any atom is 0.239 e. The van der Waals surface area contributed by atoms with Crippen molar-refractivity contribution in [1.82, 2.24) is 4.90 Å². The third-order valence-corrected chi connectivity index (χ3v) is 3.53. The van der Waals surface area contributed by atoms with Crippen molar-refractivity contribution in [3.05, 3.63) is 46.6 Å². The van der Waals surface area contributed by atoms with Crippen LogP contribution in [0.25, 0.3) is 0 Å². The molecule has 1 fully saturated rings. The normalized spacial score (nSPS) is 21.3. The molecule has 2 aliphatic rings. The Balaban J connectivity index is 1.92. The number of allylic oxidation sites excluding steroid dienone is 1. The van der Waals surface area contributed by atoms with Gasteiger partial charge < -0.3 is 20.4 Å². The molecule has 0 amide bonds. The van der Waals surface area contributed by atoms with Crippen LogP contribution in [0.2, 0.25) is 0 Å². The van der Waals surface area contributed by atoms with Gasteiger partial charge in [0, 0.05) is 25.4 Å². The zero-order valence-electron chi connectivity index (χ0n) is 10.7. The Morgan fingerprint density at radius 1 is 1.11 bits per heavy atom. The molecule has 2 heterocycles. The summed E-state index contributed by atoms with van der Waals surface area (Å²) in [5, 5.41) is 25.0. The van der Waals surface area contributed by atoms with Crippen LogP contribution in [0.1, 0.15) is 19.3 Å². The third-order valence-electron chi connectivity index (χ3n) is 3.53. The van der Waals surface area contributed by atoms with Crippen LogP contribution in [0.5, 0.6) is 0 Å². The largest absolute Gasteiger partial charge is 0.753 e. The highest BCUT2D eigenvalue weighted by molar-refractivity contribution is 5.88. The molecule has 0 aromatic heterocycles. The minimum atomic E-state index is 0.397. The molecule has 0 unspecified atom stereocenters. The maximum atomic E-state index is 12.3. The molecule has 19 heavy (non-hydrogen) atoms. The molecule has 0 spiro atoms. The fourth-order valence-electron chi connectivity index (χ4n) is 2.52. The van der Waals surface area contributed by atoms with E-state index in [2.05, 4.69) is 4.90 Å². The van der Waals surface area contributed by atoms with Crippen molar-refractivity contribution in [2.45, 2.75) is 19.3 Å². The molecule has 1 aromatic rings. The van der Waals surface area contributed by atoms with Gasteiger partial charge in [0.05, 0.1) is 0 Å². The lowest BCUT2D eigenvalue weighted by atomic mass is 10.1. The Morgan fingerprint density at radius 3 is 2.63 bits per heavy atom. The first-order valence-electron chi connectivity index (χ1n) is 6.59. The topological polar surface area (TPSA) is 55.6 Å². The summed E-state index contributed by atoms with van der Waals surface area (Å²) in [6.07, 6.45) is 6.67. The average molecular weight is 258 g/mol. The molecule has 0 aliphatic carbocycles. The average Bonchev–Trinajstić information content (AvgIpc) is 2.46. The predicted octanol–water partition coefficient (Wildman–Crippen LogP) is 2.54. The number of likely N-dealkylation sites (tertiary alicyclic amines) is 1. The Bertz CT molecular complexity index is 533. The molecule has 100 valence electrons. The van der Waals surface area contributed by atoms with E-state index in [-0.39, 0.29) is 0 Å². The van der Waals surface area contributed by atoms with E-state index in [9.17, 15) is 10.4 Å². The first-order chi connectivity index (χ1) is 9.25. The van der Waals surface area contributed by atoms with Crippen LogP contribution in [-0.2, 0) is 0 Å². The molecule has 3 rings (SSSR count). The van der Waals surface area contributed by atoms with Gasteiger partial charge in [0.25, 0.3) is 0 Å². The molecule has 1 saturated heterocycles. The Morgan fingerprint density at radius 2 is 1.84 bits per heavy atom. The van der Waals surface area contributed by atoms with Gasteiger partial charge in [-0.15, -0.1) is 0 Å². The van der Waals surface area contributed by atoms with Gasteiger partial charge in [0.2, 0.25) is 11.9 Å². The van der Waals surface area contributed by atoms with E-state index < -0.39 is 0 Å². The molecule has 0 radical (unpaired) electrons. The summed E-state index contributed by atoms with van der Waals surface area (Å²) in [6.45, 7) is 1.90. The number of fused-ring (bicyclic) bond motifs is 1. The van der Waals surface area contributed by atoms with E-state index in [4.69, 9.17) is 0 Å². The second kappa shape index (κ2) is 4.93. The van der Waals surface area contributed by atoms with Crippen LogP contribution in [0.4, 0.5) is 11.4 Å². The molecule has 0 saturated carbocycles. The Hall–Kier alpha value is -2.01. The number of rotatable bonds is 1. The molecule has 0 N–H and O–H groups in total. The number of hydrogen-bond donors (Lipinski definition) is 0. The first kappa shape index (κ1) is 12.0. The van der Waals surface area contributed by atoms with E-state index >= 15 is 0 Å². The van der Waals surface area contributed by atoms with E-state index in [0.29, 0.717) is 17.1 Å². The number of hydroxylamine groups is 1. The fraction of sp³-hybridized carbons (Fsp3) is 0.357. The standard InChI is InChI=1S/C14H16N3O2/c18-16-11-12(10-15-8-4-1-5-9-15)17(19)14-7-3-2-6-13(14)16/h2-3,6-7,10-11H,1,4-5,8-9H2/q-1. The Labute approximate surface area is 112 Å². The van der Waals surface area contributed by atoms with Crippen LogP contribution in [0, 0.1) is 10.4 Å². The summed E-state index contributed by atoms with van der Waals surface area (Å²) in [7, 11) is 0. The second-order valence-corrected chi connectivity index (χ2v) is 4.89. The summed E-state index contributed by atoms with van der Waals surface area (Å²) in [5.41, 5.74) is 1.20. The smallest absolute Gasteiger partial charge is 0.239 e. The lowest BCUT2D eigenvalue weighted by Crippen LogP contribution is -2.30. The van der Waals surface area contributed by atoms with Gasteiger partial charge in [-0.3, -0.25) is 0 Å². The lowest BCUT2D eigenvalue weighted by molar-refractivity contribution is -0.355. The van der Waals surface area contributed by atoms with E-state index in [0.717, 1.165) is 35.7 Å². The summed E-state index contributed by atoms with van der Waals surface area (Å²) >= 11 is 0. The van der Waals surface area contributed by atoms with Crippen molar-refractivity contribution in [1.29, 1.82) is 0 Å². The van der Waals surface area contributed by atoms with Gasteiger partial charge in [-0.25, -0.2) is 0 Å². The number of piperidine rings is 1. The minimum absolute atomic E-state index is 0.397. The first-order valence-corrected chi connectivity index (χ1v) is 6.59. The molecule has 5 nitrogen and oxygen atoms in total. The number of anilines is 1. The molecule has 0 bridgehead atoms. The van der Waals surface area contributed by atoms with Crippen molar-refractivity contribution in [2.75, 3.05) is 18.2 Å². The van der Waals surface area contributed by atoms with E-state index in [1.165, 1.54) is 12.6 Å². The second-order valence-electron chi connectivity index (χ2n) is 4.89. The number of benzene rings is 1. The predicted molar refractivity (Wildman–Crippen MR) is 75.1 cm³/mol. The van der Waals surface area contributed by atoms with Crippen LogP contribution >= 0.6 is 0 Å². The molecule has 0 atom stereocenters. The van der Waals surface area contributed by atoms with Crippen LogP contribution in [0.15, 0.2) is 36.2 Å². The van der Waals surface area contributed by atoms with Gasteiger partial charge in [-0.05, 0) is 25.3 Å². The van der Waals surface area contributed by atoms with Crippen molar-refractivity contribution in [3.8, 4) is 0 Å². The maximum absolute atomic E-state index is 12.3. The van der Waals surface area contributed by atoms with Crippen LogP contribution in [-0.4, -0.2) is 28.9 Å². The van der Waals surface area contributed by atoms with Gasteiger partial charge >= 0.3 is 0 Å². The highest BCUT2D eigenvalue weighted by atomic mass is 16.5. The molecule has 2 aliphatic heterocycles. The molecule has 5 heteroatoms. The van der Waals surface area contributed by atoms with Crippen molar-refractivity contribution < 1.29 is 4.74 Å². The molecular weight excluding hydrogens is 242 g/mol.